The topological polar surface area (TPSA) is 109 Å². The highest BCUT2D eigenvalue weighted by Gasteiger charge is 2.23. The number of carbonyl (C=O) groups is 3. The van der Waals surface area contributed by atoms with Crippen LogP contribution in [-0.2, 0) is 14.4 Å². The van der Waals surface area contributed by atoms with E-state index in [1.54, 1.807) is 30.3 Å². The first-order chi connectivity index (χ1) is 9.41. The van der Waals surface area contributed by atoms with Gasteiger partial charge in [0.2, 0.25) is 5.91 Å². The molecule has 2 amide bonds. The number of amides is 2. The fourth-order valence-electron chi connectivity index (χ4n) is 1.67. The summed E-state index contributed by atoms with van der Waals surface area (Å²) in [5, 5.41) is 12.2. The molecule has 108 valence electrons. The minimum Gasteiger partial charge on any atom is -0.378 e. The van der Waals surface area contributed by atoms with E-state index >= 15 is 0 Å². The minimum absolute atomic E-state index is 0.103. The lowest BCUT2D eigenvalue weighted by Gasteiger charge is -2.17. The molecule has 20 heavy (non-hydrogen) atoms. The summed E-state index contributed by atoms with van der Waals surface area (Å²) in [4.78, 5) is 34.0. The Morgan fingerprint density at radius 2 is 1.85 bits per heavy atom. The van der Waals surface area contributed by atoms with E-state index in [0.717, 1.165) is 0 Å². The molecule has 0 aliphatic rings. The van der Waals surface area contributed by atoms with Gasteiger partial charge in [-0.1, -0.05) is 30.3 Å². The van der Waals surface area contributed by atoms with Crippen LogP contribution in [0.5, 0.6) is 0 Å². The molecule has 0 aliphatic carbocycles. The fraction of sp³-hybridized carbons (Fsp3) is 0.357. The minimum atomic E-state index is -1.38. The van der Waals surface area contributed by atoms with Crippen LogP contribution in [0.4, 0.5) is 0 Å². The number of primary amides is 1. The summed E-state index contributed by atoms with van der Waals surface area (Å²) in [6.45, 7) is 1.39. The predicted octanol–water partition coefficient (Wildman–Crippen LogP) is 0.0593. The number of Topliss-reactive ketones (excluding diaryl/α,β-unsaturated/α-hetero) is 1. The quantitative estimate of drug-likeness (QED) is 0.655. The summed E-state index contributed by atoms with van der Waals surface area (Å²) >= 11 is 0. The number of rotatable bonds is 7. The van der Waals surface area contributed by atoms with Crippen molar-refractivity contribution in [3.8, 4) is 0 Å². The average Bonchev–Trinajstić information content (AvgIpc) is 2.42. The number of hydrogen-bond acceptors (Lipinski definition) is 4. The van der Waals surface area contributed by atoms with Crippen molar-refractivity contribution in [2.75, 3.05) is 0 Å². The van der Waals surface area contributed by atoms with Crippen molar-refractivity contribution < 1.29 is 19.5 Å². The van der Waals surface area contributed by atoms with Crippen LogP contribution in [0, 0.1) is 0 Å². The maximum atomic E-state index is 11.8. The largest absolute Gasteiger partial charge is 0.378 e. The molecule has 0 aromatic heterocycles. The third kappa shape index (κ3) is 4.81. The molecule has 0 fully saturated rings. The van der Waals surface area contributed by atoms with Crippen LogP contribution in [0.2, 0.25) is 0 Å². The highest BCUT2D eigenvalue weighted by Crippen LogP contribution is 2.12. The molecule has 0 unspecified atom stereocenters. The molecule has 1 aromatic rings. The Labute approximate surface area is 117 Å². The molecule has 0 saturated carbocycles. The second-order valence-corrected chi connectivity index (χ2v) is 4.52. The molecular weight excluding hydrogens is 260 g/mol. The van der Waals surface area contributed by atoms with Gasteiger partial charge in [0.15, 0.2) is 6.10 Å². The molecule has 4 N–H and O–H groups in total. The van der Waals surface area contributed by atoms with Gasteiger partial charge in [-0.2, -0.15) is 0 Å². The Morgan fingerprint density at radius 1 is 1.25 bits per heavy atom. The maximum absolute atomic E-state index is 11.8. The highest BCUT2D eigenvalue weighted by atomic mass is 16.3. The van der Waals surface area contributed by atoms with E-state index in [1.807, 2.05) is 0 Å². The first-order valence-electron chi connectivity index (χ1n) is 6.24. The summed E-state index contributed by atoms with van der Waals surface area (Å²) < 4.78 is 0. The van der Waals surface area contributed by atoms with Gasteiger partial charge in [0.1, 0.15) is 11.8 Å². The molecule has 6 heteroatoms. The number of ketones is 1. The van der Waals surface area contributed by atoms with Gasteiger partial charge in [-0.3, -0.25) is 9.59 Å². The lowest BCUT2D eigenvalue weighted by Crippen LogP contribution is -2.46. The van der Waals surface area contributed by atoms with E-state index < -0.39 is 24.0 Å². The zero-order valence-corrected chi connectivity index (χ0v) is 11.2. The standard InChI is InChI=1S/C14H18N2O4/c1-9(17)7-8-11(13(15)19)16-14(20)12(18)10-5-3-2-4-6-10/h2-6,11-12,18H,7-8H2,1H3,(H2,15,19)(H,16,20)/t11-,12-/m0/s1. The molecular formula is C14H18N2O4. The predicted molar refractivity (Wildman–Crippen MR) is 72.4 cm³/mol. The van der Waals surface area contributed by atoms with Crippen LogP contribution >= 0.6 is 0 Å². The Balaban J connectivity index is 2.66. The van der Waals surface area contributed by atoms with Crippen LogP contribution in [0.15, 0.2) is 30.3 Å². The van der Waals surface area contributed by atoms with Crippen LogP contribution in [0.1, 0.15) is 31.4 Å². The number of hydrogen-bond donors (Lipinski definition) is 3. The molecule has 1 aromatic carbocycles. The van der Waals surface area contributed by atoms with Gasteiger partial charge in [-0.25, -0.2) is 0 Å². The molecule has 6 nitrogen and oxygen atoms in total. The Hall–Kier alpha value is -2.21. The van der Waals surface area contributed by atoms with Crippen LogP contribution < -0.4 is 11.1 Å². The van der Waals surface area contributed by atoms with Crippen LogP contribution in [0.3, 0.4) is 0 Å². The second kappa shape index (κ2) is 7.40. The summed E-state index contributed by atoms with van der Waals surface area (Å²) in [6, 6.07) is 7.36. The molecule has 0 radical (unpaired) electrons. The van der Waals surface area contributed by atoms with E-state index in [9.17, 15) is 19.5 Å². The Bertz CT molecular complexity index is 487. The van der Waals surface area contributed by atoms with Crippen molar-refractivity contribution in [2.24, 2.45) is 5.73 Å². The summed E-state index contributed by atoms with van der Waals surface area (Å²) in [6.07, 6.45) is -1.12. The van der Waals surface area contributed by atoms with Crippen molar-refractivity contribution in [2.45, 2.75) is 31.9 Å². The number of nitrogens with two attached hydrogens (primary N) is 1. The van der Waals surface area contributed by atoms with E-state index in [4.69, 9.17) is 5.73 Å². The van der Waals surface area contributed by atoms with Gasteiger partial charge < -0.3 is 21.0 Å². The van der Waals surface area contributed by atoms with Crippen molar-refractivity contribution >= 4 is 17.6 Å². The Morgan fingerprint density at radius 3 is 2.35 bits per heavy atom. The number of nitrogens with one attached hydrogen (secondary N) is 1. The highest BCUT2D eigenvalue weighted by molar-refractivity contribution is 5.89. The average molecular weight is 278 g/mol. The van der Waals surface area contributed by atoms with Gasteiger partial charge in [-0.15, -0.1) is 0 Å². The third-order valence-corrected chi connectivity index (χ3v) is 2.81. The third-order valence-electron chi connectivity index (χ3n) is 2.81. The number of aliphatic hydroxyl groups excluding tert-OH is 1. The van der Waals surface area contributed by atoms with Crippen molar-refractivity contribution in [3.63, 3.8) is 0 Å². The first kappa shape index (κ1) is 15.8. The summed E-state index contributed by atoms with van der Waals surface area (Å²) in [5.74, 6) is -1.56. The van der Waals surface area contributed by atoms with Gasteiger partial charge in [-0.05, 0) is 18.9 Å². The fourth-order valence-corrected chi connectivity index (χ4v) is 1.67. The zero-order valence-electron chi connectivity index (χ0n) is 11.2. The van der Waals surface area contributed by atoms with E-state index in [0.29, 0.717) is 5.56 Å². The van der Waals surface area contributed by atoms with Crippen LogP contribution in [-0.4, -0.2) is 28.7 Å². The maximum Gasteiger partial charge on any atom is 0.254 e. The lowest BCUT2D eigenvalue weighted by atomic mass is 10.1. The molecule has 0 saturated heterocycles. The molecule has 0 spiro atoms. The Kier molecular flexibility index (Phi) is 5.86. The lowest BCUT2D eigenvalue weighted by molar-refractivity contribution is -0.133. The van der Waals surface area contributed by atoms with E-state index in [1.165, 1.54) is 6.92 Å². The number of carbonyl (C=O) groups excluding carboxylic acids is 3. The van der Waals surface area contributed by atoms with Gasteiger partial charge in [0, 0.05) is 6.42 Å². The first-order valence-corrected chi connectivity index (χ1v) is 6.24. The van der Waals surface area contributed by atoms with Gasteiger partial charge in [0.05, 0.1) is 0 Å². The normalized spacial score (nSPS) is 13.3. The monoisotopic (exact) mass is 278 g/mol. The smallest absolute Gasteiger partial charge is 0.254 e. The summed E-state index contributed by atoms with van der Waals surface area (Å²) in [5.41, 5.74) is 5.58. The molecule has 0 bridgehead atoms. The van der Waals surface area contributed by atoms with Gasteiger partial charge >= 0.3 is 0 Å². The molecule has 0 heterocycles. The summed E-state index contributed by atoms with van der Waals surface area (Å²) in [7, 11) is 0. The van der Waals surface area contributed by atoms with Gasteiger partial charge in [0.25, 0.3) is 5.91 Å². The molecule has 2 atom stereocenters. The van der Waals surface area contributed by atoms with E-state index in [-0.39, 0.29) is 18.6 Å². The van der Waals surface area contributed by atoms with Crippen molar-refractivity contribution in [3.05, 3.63) is 35.9 Å². The van der Waals surface area contributed by atoms with Crippen LogP contribution in [0.25, 0.3) is 0 Å². The SMILES string of the molecule is CC(=O)CC[C@H](NC(=O)[C@@H](O)c1ccccc1)C(N)=O. The van der Waals surface area contributed by atoms with Crippen molar-refractivity contribution in [1.29, 1.82) is 0 Å². The van der Waals surface area contributed by atoms with E-state index in [2.05, 4.69) is 5.32 Å². The molecule has 0 aliphatic heterocycles. The van der Waals surface area contributed by atoms with Crippen molar-refractivity contribution in [1.82, 2.24) is 5.32 Å². The second-order valence-electron chi connectivity index (χ2n) is 4.52. The molecule has 1 rings (SSSR count). The zero-order chi connectivity index (χ0) is 15.1. The number of aliphatic hydroxyl groups is 1. The number of benzene rings is 1.